The van der Waals surface area contributed by atoms with Crippen molar-refractivity contribution in [1.82, 2.24) is 20.4 Å². The van der Waals surface area contributed by atoms with Crippen LogP contribution in [-0.2, 0) is 23.8 Å². The molecule has 0 aromatic heterocycles. The van der Waals surface area contributed by atoms with E-state index in [1.807, 2.05) is 0 Å². The lowest BCUT2D eigenvalue weighted by molar-refractivity contribution is -0.222. The van der Waals surface area contributed by atoms with Gasteiger partial charge in [-0.1, -0.05) is 0 Å². The van der Waals surface area contributed by atoms with Crippen molar-refractivity contribution >= 4 is 11.8 Å². The lowest BCUT2D eigenvalue weighted by Crippen LogP contribution is -2.75. The maximum atomic E-state index is 15.9. The monoisotopic (exact) mass is 577 g/mol. The van der Waals surface area contributed by atoms with Crippen molar-refractivity contribution < 1.29 is 33.3 Å². The number of carboxylic acids is 1. The summed E-state index contributed by atoms with van der Waals surface area (Å²) in [5, 5.41) is 17.2. The highest BCUT2D eigenvalue weighted by atomic mass is 19.1. The molecule has 12 heteroatoms. The number of hydrogen-bond donors (Lipinski definition) is 4. The van der Waals surface area contributed by atoms with Gasteiger partial charge in [-0.05, 0) is 58.0 Å². The van der Waals surface area contributed by atoms with Crippen LogP contribution in [0.1, 0.15) is 44.9 Å². The predicted octanol–water partition coefficient (Wildman–Crippen LogP) is -0.218. The zero-order valence-electron chi connectivity index (χ0n) is 23.5. The number of carboxylic acid groups (broad SMARTS) is 1. The number of carbonyl (C=O) groups is 2. The number of carbonyl (C=O) groups excluding carboxylic acids is 1. The summed E-state index contributed by atoms with van der Waals surface area (Å²) in [5.74, 6) is -2.49. The summed E-state index contributed by atoms with van der Waals surface area (Å²) in [6.45, 7) is 4.88. The molecule has 3 saturated carbocycles. The van der Waals surface area contributed by atoms with Crippen molar-refractivity contribution in [2.45, 2.75) is 112 Å². The molecule has 0 amide bonds. The Labute approximate surface area is 240 Å². The van der Waals surface area contributed by atoms with E-state index in [1.165, 1.54) is 6.20 Å². The van der Waals surface area contributed by atoms with Gasteiger partial charge in [0.05, 0.1) is 55.8 Å². The Hall–Kier alpha value is -1.67. The van der Waals surface area contributed by atoms with Crippen LogP contribution in [0, 0.1) is 5.92 Å². The van der Waals surface area contributed by atoms with Gasteiger partial charge in [0.25, 0.3) is 0 Å². The third-order valence-electron chi connectivity index (χ3n) is 10.7. The molecular formula is C29H44FN5O6. The predicted molar refractivity (Wildman–Crippen MR) is 146 cm³/mol. The van der Waals surface area contributed by atoms with E-state index in [-0.39, 0.29) is 54.5 Å². The summed E-state index contributed by atoms with van der Waals surface area (Å²) in [6, 6.07) is -0.581. The molecule has 4 aliphatic heterocycles. The van der Waals surface area contributed by atoms with E-state index in [0.29, 0.717) is 19.4 Å². The molecule has 3 saturated heterocycles. The molecular weight excluding hydrogens is 533 g/mol. The first-order chi connectivity index (χ1) is 19.9. The van der Waals surface area contributed by atoms with Crippen LogP contribution in [0.25, 0.3) is 0 Å². The first-order valence-electron chi connectivity index (χ1n) is 15.6. The van der Waals surface area contributed by atoms with Gasteiger partial charge in [-0.3, -0.25) is 9.69 Å². The molecule has 0 aromatic carbocycles. The van der Waals surface area contributed by atoms with Crippen LogP contribution < -0.4 is 16.4 Å². The molecule has 228 valence electrons. The summed E-state index contributed by atoms with van der Waals surface area (Å²) >= 11 is 0. The third-order valence-corrected chi connectivity index (χ3v) is 10.7. The Balaban J connectivity index is 1.11. The van der Waals surface area contributed by atoms with Gasteiger partial charge in [0, 0.05) is 43.3 Å². The Morgan fingerprint density at radius 2 is 1.90 bits per heavy atom. The standard InChI is InChI=1S/C29H44FN5O6/c30-18-11-16-26-28(25(18)32-4-1-5-34-6-8-39-9-7-34)41-24-12-20-23(40-22-10-15(31)2-3-19(22)33-20)13-21(24)35(26)14-17(27(16)36)29(37)38/h14-16,18-26,28,32-33H,1-13,31H2,(H,37,38). The van der Waals surface area contributed by atoms with Crippen LogP contribution >= 0.6 is 0 Å². The second kappa shape index (κ2) is 11.4. The summed E-state index contributed by atoms with van der Waals surface area (Å²) in [5.41, 5.74) is 5.99. The fourth-order valence-electron chi connectivity index (χ4n) is 8.70. The number of hydrogen-bond acceptors (Lipinski definition) is 10. The molecule has 0 aromatic rings. The second-order valence-corrected chi connectivity index (χ2v) is 13.1. The lowest BCUT2D eigenvalue weighted by Gasteiger charge is -2.61. The maximum Gasteiger partial charge on any atom is 0.340 e. The van der Waals surface area contributed by atoms with Crippen LogP contribution in [0.3, 0.4) is 0 Å². The molecule has 41 heavy (non-hydrogen) atoms. The number of ether oxygens (including phenoxy) is 3. The molecule has 12 atom stereocenters. The van der Waals surface area contributed by atoms with E-state index in [2.05, 4.69) is 20.4 Å². The molecule has 7 rings (SSSR count). The average molecular weight is 578 g/mol. The van der Waals surface area contributed by atoms with Crippen molar-refractivity contribution in [1.29, 1.82) is 0 Å². The number of nitrogens with two attached hydrogens (primary N) is 1. The van der Waals surface area contributed by atoms with Gasteiger partial charge in [-0.15, -0.1) is 0 Å². The van der Waals surface area contributed by atoms with Crippen LogP contribution in [0.4, 0.5) is 4.39 Å². The van der Waals surface area contributed by atoms with Crippen LogP contribution in [0.15, 0.2) is 11.8 Å². The number of nitrogens with zero attached hydrogens (tertiary/aromatic N) is 2. The summed E-state index contributed by atoms with van der Waals surface area (Å²) in [7, 11) is 0. The largest absolute Gasteiger partial charge is 0.478 e. The van der Waals surface area contributed by atoms with Gasteiger partial charge < -0.3 is 40.6 Å². The summed E-state index contributed by atoms with van der Waals surface area (Å²) in [6.07, 6.45) is 4.48. The van der Waals surface area contributed by atoms with Crippen molar-refractivity contribution in [3.8, 4) is 0 Å². The molecule has 3 aliphatic carbocycles. The van der Waals surface area contributed by atoms with E-state index >= 15 is 4.39 Å². The van der Waals surface area contributed by atoms with Crippen LogP contribution in [-0.4, -0.2) is 133 Å². The minimum absolute atomic E-state index is 0.00521. The number of nitrogens with one attached hydrogen (secondary N) is 2. The van der Waals surface area contributed by atoms with Crippen LogP contribution in [0.2, 0.25) is 0 Å². The lowest BCUT2D eigenvalue weighted by atomic mass is 9.69. The van der Waals surface area contributed by atoms with E-state index < -0.39 is 42.0 Å². The molecule has 0 spiro atoms. The van der Waals surface area contributed by atoms with E-state index in [1.54, 1.807) is 0 Å². The SMILES string of the molecule is NC1CCC2NC3CC4OC5C(NCCCN6CCOCC6)C(F)CC6C(=O)C(C(=O)O)=CN(C4CC3OC2C1)C65. The zero-order valence-corrected chi connectivity index (χ0v) is 23.5. The van der Waals surface area contributed by atoms with Gasteiger partial charge in [-0.2, -0.15) is 0 Å². The highest BCUT2D eigenvalue weighted by molar-refractivity contribution is 6.18. The Bertz CT molecular complexity index is 1040. The van der Waals surface area contributed by atoms with E-state index in [0.717, 1.165) is 58.5 Å². The molecule has 0 radical (unpaired) electrons. The number of fused-ring (bicyclic) bond motifs is 4. The molecule has 5 N–H and O–H groups in total. The van der Waals surface area contributed by atoms with Gasteiger partial charge >= 0.3 is 5.97 Å². The highest BCUT2D eigenvalue weighted by Crippen LogP contribution is 2.47. The first kappa shape index (κ1) is 28.1. The van der Waals surface area contributed by atoms with Crippen LogP contribution in [0.5, 0.6) is 0 Å². The van der Waals surface area contributed by atoms with Crippen molar-refractivity contribution in [2.75, 3.05) is 39.4 Å². The summed E-state index contributed by atoms with van der Waals surface area (Å²) in [4.78, 5) is 29.8. The van der Waals surface area contributed by atoms with Crippen molar-refractivity contribution in [2.24, 2.45) is 11.7 Å². The van der Waals surface area contributed by atoms with Crippen molar-refractivity contribution in [3.05, 3.63) is 11.8 Å². The third kappa shape index (κ3) is 5.23. The van der Waals surface area contributed by atoms with Gasteiger partial charge in [0.1, 0.15) is 11.7 Å². The van der Waals surface area contributed by atoms with Crippen molar-refractivity contribution in [3.63, 3.8) is 0 Å². The normalized spacial score (nSPS) is 46.0. The molecule has 0 bridgehead atoms. The van der Waals surface area contributed by atoms with Gasteiger partial charge in [0.2, 0.25) is 0 Å². The molecule has 12 unspecified atom stereocenters. The highest BCUT2D eigenvalue weighted by Gasteiger charge is 2.60. The Kier molecular flexibility index (Phi) is 7.85. The fourth-order valence-corrected chi connectivity index (χ4v) is 8.70. The first-order valence-corrected chi connectivity index (χ1v) is 15.6. The number of morpholine rings is 3. The van der Waals surface area contributed by atoms with E-state index in [9.17, 15) is 14.7 Å². The molecule has 7 aliphatic rings. The minimum Gasteiger partial charge on any atom is -0.478 e. The van der Waals surface area contributed by atoms with E-state index in [4.69, 9.17) is 19.9 Å². The molecule has 4 heterocycles. The zero-order chi connectivity index (χ0) is 28.2. The number of aliphatic carboxylic acids is 1. The van der Waals surface area contributed by atoms with Gasteiger partial charge in [-0.25, -0.2) is 9.18 Å². The fraction of sp³-hybridized carbons (Fsp3) is 0.862. The quantitative estimate of drug-likeness (QED) is 0.246. The molecule has 11 nitrogen and oxygen atoms in total. The molecule has 6 fully saturated rings. The Morgan fingerprint density at radius 1 is 1.10 bits per heavy atom. The van der Waals surface area contributed by atoms with Gasteiger partial charge in [0.15, 0.2) is 5.78 Å². The maximum absolute atomic E-state index is 15.9. The number of ketones is 1. The average Bonchev–Trinajstić information content (AvgIpc) is 2.96. The second-order valence-electron chi connectivity index (χ2n) is 13.1. The number of rotatable bonds is 6. The number of Topliss-reactive ketones (excluding diaryl/α,β-unsaturated/α-hetero) is 1. The summed E-state index contributed by atoms with van der Waals surface area (Å²) < 4.78 is 34.7. The smallest absolute Gasteiger partial charge is 0.340 e. The Morgan fingerprint density at radius 3 is 2.71 bits per heavy atom. The minimum atomic E-state index is -1.31. The topological polar surface area (TPSA) is 139 Å². The number of alkyl halides is 1. The number of halogens is 1.